The van der Waals surface area contributed by atoms with E-state index in [9.17, 15) is 0 Å². The van der Waals surface area contributed by atoms with Crippen LogP contribution < -0.4 is 0 Å². The minimum absolute atomic E-state index is 0. The molecule has 2 nitrogen and oxygen atoms in total. The van der Waals surface area contributed by atoms with Gasteiger partial charge in [-0.3, -0.25) is 0 Å². The summed E-state index contributed by atoms with van der Waals surface area (Å²) < 4.78 is 0. The lowest BCUT2D eigenvalue weighted by molar-refractivity contribution is 0.318. The van der Waals surface area contributed by atoms with Gasteiger partial charge in [-0.05, 0) is 26.1 Å². The van der Waals surface area contributed by atoms with E-state index < -0.39 is 0 Å². The highest BCUT2D eigenvalue weighted by Crippen LogP contribution is 2.02. The molecule has 1 atom stereocenters. The Labute approximate surface area is 81.0 Å². The van der Waals surface area contributed by atoms with Gasteiger partial charge < -0.3 is 10.0 Å². The number of hydrogen-bond acceptors (Lipinski definition) is 2. The van der Waals surface area contributed by atoms with Crippen LogP contribution in [0, 0.1) is 0 Å². The lowest BCUT2D eigenvalue weighted by atomic mass is 10.2. The molecule has 3 heteroatoms. The van der Waals surface area contributed by atoms with Gasteiger partial charge in [-0.1, -0.05) is 12.2 Å². The summed E-state index contributed by atoms with van der Waals surface area (Å²) in [6.07, 6.45) is 8.36. The fourth-order valence-electron chi connectivity index (χ4n) is 0.682. The molecule has 1 unspecified atom stereocenters. The third-order valence-corrected chi connectivity index (χ3v) is 1.46. The van der Waals surface area contributed by atoms with Crippen molar-refractivity contribution in [2.45, 2.75) is 19.9 Å². The Bertz CT molecular complexity index is 129. The molecule has 0 aromatic rings. The molecular weight excluding hydrogens is 174 g/mol. The molecule has 0 radical (unpaired) electrons. The lowest BCUT2D eigenvalue weighted by Crippen LogP contribution is -2.22. The molecule has 0 amide bonds. The van der Waals surface area contributed by atoms with E-state index in [1.165, 1.54) is 0 Å². The monoisotopic (exact) mass is 191 g/mol. The molecule has 0 aliphatic carbocycles. The van der Waals surface area contributed by atoms with Crippen LogP contribution in [0.3, 0.4) is 0 Å². The molecule has 0 aromatic heterocycles. The van der Waals surface area contributed by atoms with E-state index in [1.807, 2.05) is 6.08 Å². The third-order valence-electron chi connectivity index (χ3n) is 1.46. The molecule has 1 N–H and O–H groups in total. The summed E-state index contributed by atoms with van der Waals surface area (Å²) in [7, 11) is 2.07. The summed E-state index contributed by atoms with van der Waals surface area (Å²) in [6.45, 7) is 4.10. The maximum absolute atomic E-state index is 7.57. The van der Waals surface area contributed by atoms with E-state index in [0.717, 1.165) is 0 Å². The van der Waals surface area contributed by atoms with Crippen molar-refractivity contribution in [3.8, 4) is 0 Å². The van der Waals surface area contributed by atoms with Crippen LogP contribution >= 0.6 is 12.4 Å². The molecule has 0 fully saturated rings. The molecule has 1 aliphatic rings. The summed E-state index contributed by atoms with van der Waals surface area (Å²) in [5, 5.41) is 7.57. The van der Waals surface area contributed by atoms with Crippen LogP contribution in [0.25, 0.3) is 0 Å². The van der Waals surface area contributed by atoms with Crippen LogP contribution in [0.2, 0.25) is 0 Å². The van der Waals surface area contributed by atoms with Crippen molar-refractivity contribution >= 4 is 12.4 Å². The standard InChI is InChI=1S/C7H11N.C2H6O.ClH/c1-7-5-3-4-6-8(7)2;1-2-3;/h3-7H,1-2H3;3H,2H2,1H3;1H. The van der Waals surface area contributed by atoms with E-state index in [1.54, 1.807) is 6.92 Å². The molecule has 1 heterocycles. The van der Waals surface area contributed by atoms with Crippen LogP contribution in [0.5, 0.6) is 0 Å². The Hall–Kier alpha value is -0.470. The summed E-state index contributed by atoms with van der Waals surface area (Å²) >= 11 is 0. The van der Waals surface area contributed by atoms with Gasteiger partial charge in [-0.15, -0.1) is 12.4 Å². The molecule has 0 aromatic carbocycles. The van der Waals surface area contributed by atoms with Gasteiger partial charge >= 0.3 is 0 Å². The number of halogens is 1. The fraction of sp³-hybridized carbons (Fsp3) is 0.556. The van der Waals surface area contributed by atoms with Crippen molar-refractivity contribution in [2.24, 2.45) is 0 Å². The zero-order chi connectivity index (χ0) is 8.69. The van der Waals surface area contributed by atoms with Crippen LogP contribution in [0.4, 0.5) is 0 Å². The Morgan fingerprint density at radius 3 is 2.17 bits per heavy atom. The zero-order valence-electron chi connectivity index (χ0n) is 7.90. The molecule has 0 saturated carbocycles. The van der Waals surface area contributed by atoms with Gasteiger partial charge in [0.05, 0.1) is 0 Å². The van der Waals surface area contributed by atoms with Crippen molar-refractivity contribution < 1.29 is 5.11 Å². The van der Waals surface area contributed by atoms with Crippen molar-refractivity contribution in [3.05, 3.63) is 24.4 Å². The van der Waals surface area contributed by atoms with Crippen LogP contribution in [-0.2, 0) is 0 Å². The normalized spacial score (nSPS) is 19.3. The maximum Gasteiger partial charge on any atom is 0.0439 e. The largest absolute Gasteiger partial charge is 0.397 e. The summed E-state index contributed by atoms with van der Waals surface area (Å²) in [5.74, 6) is 0. The summed E-state index contributed by atoms with van der Waals surface area (Å²) in [4.78, 5) is 2.17. The minimum Gasteiger partial charge on any atom is -0.397 e. The van der Waals surface area contributed by atoms with E-state index in [4.69, 9.17) is 5.11 Å². The van der Waals surface area contributed by atoms with Gasteiger partial charge in [0, 0.05) is 19.7 Å². The average Bonchev–Trinajstić information content (AvgIpc) is 1.97. The number of aliphatic hydroxyl groups is 1. The van der Waals surface area contributed by atoms with Gasteiger partial charge in [-0.2, -0.15) is 0 Å². The van der Waals surface area contributed by atoms with Gasteiger partial charge in [0.2, 0.25) is 0 Å². The van der Waals surface area contributed by atoms with E-state index in [0.29, 0.717) is 6.04 Å². The number of rotatable bonds is 0. The van der Waals surface area contributed by atoms with Crippen molar-refractivity contribution in [2.75, 3.05) is 13.7 Å². The highest BCUT2D eigenvalue weighted by molar-refractivity contribution is 5.85. The molecule has 72 valence electrons. The van der Waals surface area contributed by atoms with Crippen molar-refractivity contribution in [3.63, 3.8) is 0 Å². The molecule has 0 spiro atoms. The fourth-order valence-corrected chi connectivity index (χ4v) is 0.682. The zero-order valence-corrected chi connectivity index (χ0v) is 8.71. The highest BCUT2D eigenvalue weighted by Gasteiger charge is 2.00. The van der Waals surface area contributed by atoms with Gasteiger partial charge in [0.15, 0.2) is 0 Å². The molecular formula is C9H18ClNO. The van der Waals surface area contributed by atoms with Gasteiger partial charge in [0.25, 0.3) is 0 Å². The van der Waals surface area contributed by atoms with Crippen LogP contribution in [0.15, 0.2) is 24.4 Å². The Balaban J connectivity index is 0. The first-order chi connectivity index (χ1) is 5.22. The van der Waals surface area contributed by atoms with E-state index >= 15 is 0 Å². The average molecular weight is 192 g/mol. The van der Waals surface area contributed by atoms with Crippen molar-refractivity contribution in [1.29, 1.82) is 0 Å². The molecule has 0 bridgehead atoms. The molecule has 0 saturated heterocycles. The van der Waals surface area contributed by atoms with Crippen LogP contribution in [0.1, 0.15) is 13.8 Å². The predicted octanol–water partition coefficient (Wildman–Crippen LogP) is 1.81. The van der Waals surface area contributed by atoms with E-state index in [2.05, 4.69) is 37.2 Å². The van der Waals surface area contributed by atoms with E-state index in [-0.39, 0.29) is 19.0 Å². The maximum atomic E-state index is 7.57. The summed E-state index contributed by atoms with van der Waals surface area (Å²) in [5.41, 5.74) is 0. The first kappa shape index (κ1) is 14.1. The minimum atomic E-state index is 0. The first-order valence-corrected chi connectivity index (χ1v) is 3.90. The SMILES string of the molecule is CC1C=CC=CN1C.CCO.Cl. The second-order valence-corrected chi connectivity index (χ2v) is 2.45. The topological polar surface area (TPSA) is 23.5 Å². The number of nitrogens with zero attached hydrogens (tertiary/aromatic N) is 1. The number of aliphatic hydroxyl groups excluding tert-OH is 1. The Kier molecular flexibility index (Phi) is 10.1. The summed E-state index contributed by atoms with van der Waals surface area (Å²) in [6, 6.07) is 0.569. The van der Waals surface area contributed by atoms with Gasteiger partial charge in [-0.25, -0.2) is 0 Å². The smallest absolute Gasteiger partial charge is 0.0439 e. The van der Waals surface area contributed by atoms with Gasteiger partial charge in [0.1, 0.15) is 0 Å². The third kappa shape index (κ3) is 6.25. The van der Waals surface area contributed by atoms with Crippen LogP contribution in [-0.4, -0.2) is 29.7 Å². The number of likely N-dealkylation sites (N-methyl/N-ethyl adjacent to an activating group) is 1. The Morgan fingerprint density at radius 2 is 1.92 bits per heavy atom. The predicted molar refractivity (Wildman–Crippen MR) is 55.5 cm³/mol. The first-order valence-electron chi connectivity index (χ1n) is 3.90. The second kappa shape index (κ2) is 8.62. The second-order valence-electron chi connectivity index (χ2n) is 2.45. The molecule has 1 rings (SSSR count). The highest BCUT2D eigenvalue weighted by atomic mass is 35.5. The molecule has 1 aliphatic heterocycles. The van der Waals surface area contributed by atoms with Crippen molar-refractivity contribution in [1.82, 2.24) is 4.90 Å². The quantitative estimate of drug-likeness (QED) is 0.632. The number of hydrogen-bond donors (Lipinski definition) is 1. The lowest BCUT2D eigenvalue weighted by Gasteiger charge is -2.21. The number of allylic oxidation sites excluding steroid dienone is 2. The molecule has 12 heavy (non-hydrogen) atoms. The Morgan fingerprint density at radius 1 is 1.42 bits per heavy atom.